The number of pyridine rings is 2. The minimum absolute atomic E-state index is 0.179. The molecule has 1 atom stereocenters. The molecule has 0 bridgehead atoms. The first kappa shape index (κ1) is 16.8. The normalized spacial score (nSPS) is 16.6. The summed E-state index contributed by atoms with van der Waals surface area (Å²) in [5, 5.41) is 3.89. The number of anilines is 1. The Morgan fingerprint density at radius 1 is 1.27 bits per heavy atom. The molecule has 26 heavy (non-hydrogen) atoms. The fourth-order valence-corrected chi connectivity index (χ4v) is 4.05. The third kappa shape index (κ3) is 3.65. The number of aromatic nitrogens is 2. The molecule has 0 spiro atoms. The molecule has 4 rings (SSSR count). The molecule has 1 fully saturated rings. The van der Waals surface area contributed by atoms with Crippen LogP contribution in [0.5, 0.6) is 5.88 Å². The number of fused-ring (bicyclic) bond motifs is 1. The number of aryl methyl sites for hydroxylation is 1. The van der Waals surface area contributed by atoms with Crippen LogP contribution in [0.15, 0.2) is 48.7 Å². The predicted molar refractivity (Wildman–Crippen MR) is 105 cm³/mol. The van der Waals surface area contributed by atoms with Gasteiger partial charge in [0.1, 0.15) is 6.10 Å². The number of hydrogen-bond acceptors (Lipinski definition) is 5. The number of amides is 1. The molecule has 132 valence electrons. The number of rotatable bonds is 4. The number of benzene rings is 1. The minimum atomic E-state index is -0.189. The van der Waals surface area contributed by atoms with Gasteiger partial charge in [0.15, 0.2) is 0 Å². The average molecular weight is 365 g/mol. The Balaban J connectivity index is 1.55. The van der Waals surface area contributed by atoms with Crippen molar-refractivity contribution in [1.29, 1.82) is 0 Å². The molecular formula is C20H19N3O2S. The molecule has 1 aromatic carbocycles. The summed E-state index contributed by atoms with van der Waals surface area (Å²) in [5.74, 6) is 2.39. The van der Waals surface area contributed by atoms with Gasteiger partial charge in [-0.25, -0.2) is 4.98 Å². The zero-order valence-electron chi connectivity index (χ0n) is 14.4. The molecule has 0 saturated carbocycles. The summed E-state index contributed by atoms with van der Waals surface area (Å²) < 4.78 is 5.88. The highest BCUT2D eigenvalue weighted by Gasteiger charge is 2.18. The Kier molecular flexibility index (Phi) is 4.75. The summed E-state index contributed by atoms with van der Waals surface area (Å²) in [6, 6.07) is 13.0. The molecule has 1 N–H and O–H groups in total. The number of ether oxygens (including phenoxy) is 1. The van der Waals surface area contributed by atoms with Gasteiger partial charge in [-0.3, -0.25) is 9.78 Å². The lowest BCUT2D eigenvalue weighted by Crippen LogP contribution is -2.17. The van der Waals surface area contributed by atoms with Crippen molar-refractivity contribution in [2.45, 2.75) is 19.4 Å². The van der Waals surface area contributed by atoms with Crippen LogP contribution in [0.4, 0.5) is 5.69 Å². The van der Waals surface area contributed by atoms with Gasteiger partial charge in [-0.1, -0.05) is 6.07 Å². The molecule has 1 aliphatic heterocycles. The van der Waals surface area contributed by atoms with Crippen LogP contribution in [-0.2, 0) is 0 Å². The van der Waals surface area contributed by atoms with Crippen LogP contribution in [0.3, 0.4) is 0 Å². The molecule has 1 unspecified atom stereocenters. The Morgan fingerprint density at radius 3 is 3.04 bits per heavy atom. The monoisotopic (exact) mass is 365 g/mol. The van der Waals surface area contributed by atoms with Gasteiger partial charge in [0.2, 0.25) is 5.88 Å². The first-order chi connectivity index (χ1) is 12.7. The van der Waals surface area contributed by atoms with Crippen LogP contribution in [0, 0.1) is 6.92 Å². The Morgan fingerprint density at radius 2 is 2.19 bits per heavy atom. The smallest absolute Gasteiger partial charge is 0.255 e. The number of nitrogens with zero attached hydrogens (tertiary/aromatic N) is 2. The number of carbonyl (C=O) groups is 1. The average Bonchev–Trinajstić information content (AvgIpc) is 3.15. The highest BCUT2D eigenvalue weighted by atomic mass is 32.2. The quantitative estimate of drug-likeness (QED) is 0.755. The zero-order valence-corrected chi connectivity index (χ0v) is 15.3. The van der Waals surface area contributed by atoms with E-state index in [1.807, 2.05) is 49.0 Å². The van der Waals surface area contributed by atoms with Gasteiger partial charge in [-0.05, 0) is 49.4 Å². The van der Waals surface area contributed by atoms with Gasteiger partial charge in [0, 0.05) is 34.7 Å². The van der Waals surface area contributed by atoms with Crippen LogP contribution in [0.2, 0.25) is 0 Å². The van der Waals surface area contributed by atoms with Crippen molar-refractivity contribution in [1.82, 2.24) is 9.97 Å². The molecule has 6 heteroatoms. The second-order valence-corrected chi connectivity index (χ2v) is 7.42. The van der Waals surface area contributed by atoms with Crippen LogP contribution in [0.25, 0.3) is 10.9 Å². The van der Waals surface area contributed by atoms with Gasteiger partial charge in [-0.15, -0.1) is 0 Å². The molecule has 1 saturated heterocycles. The first-order valence-electron chi connectivity index (χ1n) is 8.57. The van der Waals surface area contributed by atoms with E-state index in [9.17, 15) is 4.79 Å². The van der Waals surface area contributed by atoms with Crippen molar-refractivity contribution >= 4 is 34.3 Å². The van der Waals surface area contributed by atoms with Crippen LogP contribution < -0.4 is 10.1 Å². The van der Waals surface area contributed by atoms with E-state index in [1.54, 1.807) is 18.3 Å². The van der Waals surface area contributed by atoms with Gasteiger partial charge in [0.05, 0.1) is 11.2 Å². The van der Waals surface area contributed by atoms with Crippen LogP contribution >= 0.6 is 11.8 Å². The maximum atomic E-state index is 12.7. The zero-order chi connectivity index (χ0) is 17.9. The molecule has 1 amide bonds. The Hall–Kier alpha value is -2.60. The fourth-order valence-electron chi connectivity index (χ4n) is 2.95. The van der Waals surface area contributed by atoms with Crippen molar-refractivity contribution in [3.8, 4) is 5.88 Å². The number of hydrogen-bond donors (Lipinski definition) is 1. The summed E-state index contributed by atoms with van der Waals surface area (Å²) in [7, 11) is 0. The third-order valence-electron chi connectivity index (χ3n) is 4.29. The van der Waals surface area contributed by atoms with E-state index in [2.05, 4.69) is 15.3 Å². The van der Waals surface area contributed by atoms with Crippen LogP contribution in [0.1, 0.15) is 22.5 Å². The number of thioether (sulfide) groups is 1. The van der Waals surface area contributed by atoms with Crippen LogP contribution in [-0.4, -0.2) is 33.5 Å². The summed E-state index contributed by atoms with van der Waals surface area (Å²) in [4.78, 5) is 21.4. The molecule has 3 aromatic rings. The first-order valence-corrected chi connectivity index (χ1v) is 9.73. The van der Waals surface area contributed by atoms with E-state index in [0.29, 0.717) is 11.4 Å². The van der Waals surface area contributed by atoms with Crippen molar-refractivity contribution in [2.24, 2.45) is 0 Å². The molecule has 5 nitrogen and oxygen atoms in total. The number of carbonyl (C=O) groups excluding carboxylic acids is 1. The highest BCUT2D eigenvalue weighted by molar-refractivity contribution is 7.99. The maximum Gasteiger partial charge on any atom is 0.255 e. The minimum Gasteiger partial charge on any atom is -0.473 e. The molecule has 1 aliphatic rings. The van der Waals surface area contributed by atoms with Gasteiger partial charge >= 0.3 is 0 Å². The SMILES string of the molecule is Cc1ccc2c(NC(=O)c3ccnc(OC4CCSC4)c3)cccc2n1. The van der Waals surface area contributed by atoms with E-state index in [4.69, 9.17) is 4.74 Å². The van der Waals surface area contributed by atoms with Crippen molar-refractivity contribution in [3.63, 3.8) is 0 Å². The molecular weight excluding hydrogens is 346 g/mol. The van der Waals surface area contributed by atoms with Crippen molar-refractivity contribution < 1.29 is 9.53 Å². The summed E-state index contributed by atoms with van der Waals surface area (Å²) in [6.07, 6.45) is 2.81. The lowest BCUT2D eigenvalue weighted by atomic mass is 10.1. The predicted octanol–water partition coefficient (Wildman–Crippen LogP) is 4.07. The largest absolute Gasteiger partial charge is 0.473 e. The molecule has 3 heterocycles. The second kappa shape index (κ2) is 7.33. The summed E-state index contributed by atoms with van der Waals surface area (Å²) >= 11 is 1.88. The van der Waals surface area contributed by atoms with E-state index < -0.39 is 0 Å². The summed E-state index contributed by atoms with van der Waals surface area (Å²) in [5.41, 5.74) is 3.08. The topological polar surface area (TPSA) is 64.1 Å². The lowest BCUT2D eigenvalue weighted by molar-refractivity contribution is 0.102. The van der Waals surface area contributed by atoms with Crippen molar-refractivity contribution in [2.75, 3.05) is 16.8 Å². The second-order valence-electron chi connectivity index (χ2n) is 6.27. The maximum absolute atomic E-state index is 12.7. The van der Waals surface area contributed by atoms with Gasteiger partial charge < -0.3 is 10.1 Å². The van der Waals surface area contributed by atoms with E-state index in [0.717, 1.165) is 40.2 Å². The molecule has 0 aliphatic carbocycles. The lowest BCUT2D eigenvalue weighted by Gasteiger charge is -2.12. The van der Waals surface area contributed by atoms with E-state index in [1.165, 1.54) is 0 Å². The van der Waals surface area contributed by atoms with E-state index >= 15 is 0 Å². The Labute approximate surface area is 156 Å². The highest BCUT2D eigenvalue weighted by Crippen LogP contribution is 2.24. The summed E-state index contributed by atoms with van der Waals surface area (Å²) in [6.45, 7) is 1.95. The molecule has 0 radical (unpaired) electrons. The van der Waals surface area contributed by atoms with Gasteiger partial charge in [0.25, 0.3) is 5.91 Å². The van der Waals surface area contributed by atoms with Crippen molar-refractivity contribution in [3.05, 3.63) is 59.9 Å². The van der Waals surface area contributed by atoms with E-state index in [-0.39, 0.29) is 12.0 Å². The number of nitrogens with one attached hydrogen (secondary N) is 1. The van der Waals surface area contributed by atoms with Gasteiger partial charge in [-0.2, -0.15) is 11.8 Å². The fraction of sp³-hybridized carbons (Fsp3) is 0.250. The standard InChI is InChI=1S/C20H19N3O2S/c1-13-5-6-16-17(22-13)3-2-4-18(16)23-20(24)14-7-9-21-19(11-14)25-15-8-10-26-12-15/h2-7,9,11,15H,8,10,12H2,1H3,(H,23,24). The Bertz CT molecular complexity index is 955. The third-order valence-corrected chi connectivity index (χ3v) is 5.42. The molecule has 2 aromatic heterocycles.